The Kier molecular flexibility index (Phi) is 5.42. The molecule has 0 saturated heterocycles. The third kappa shape index (κ3) is 4.60. The van der Waals surface area contributed by atoms with Crippen molar-refractivity contribution in [3.05, 3.63) is 51.0 Å². The molecule has 1 N–H and O–H groups in total. The van der Waals surface area contributed by atoms with E-state index in [0.29, 0.717) is 6.54 Å². The van der Waals surface area contributed by atoms with E-state index in [-0.39, 0.29) is 5.56 Å². The van der Waals surface area contributed by atoms with Gasteiger partial charge in [0, 0.05) is 23.4 Å². The summed E-state index contributed by atoms with van der Waals surface area (Å²) >= 11 is 1.75. The number of carbonyl (C=O) groups excluding carboxylic acids is 1. The third-order valence-electron chi connectivity index (χ3n) is 4.20. The monoisotopic (exact) mass is 368 g/mol. The minimum Gasteiger partial charge on any atom is -0.352 e. The van der Waals surface area contributed by atoms with Crippen molar-refractivity contribution in [2.24, 2.45) is 0 Å². The smallest absolute Gasteiger partial charge is 0.352 e. The second kappa shape index (κ2) is 7.56. The number of nitrogens with one attached hydrogen (secondary N) is 1. The topological polar surface area (TPSA) is 42.0 Å². The standard InChI is InChI=1S/C18H19F3N2OS/c19-18(20,21)13-6-3-5-12(11-13)17(24)22-10-4-9-16-23-14-7-1-2-8-15(14)25-16/h3,5-6,11H,1-2,4,7-10H2,(H,22,24). The molecule has 0 saturated carbocycles. The van der Waals surface area contributed by atoms with Gasteiger partial charge in [0.1, 0.15) is 0 Å². The Bertz CT molecular complexity index is 732. The van der Waals surface area contributed by atoms with Gasteiger partial charge in [0.05, 0.1) is 16.3 Å². The Morgan fingerprint density at radius 3 is 2.80 bits per heavy atom. The van der Waals surface area contributed by atoms with Gasteiger partial charge in [-0.1, -0.05) is 6.07 Å². The van der Waals surface area contributed by atoms with E-state index in [1.807, 2.05) is 0 Å². The number of amides is 1. The van der Waals surface area contributed by atoms with Crippen LogP contribution in [0.4, 0.5) is 13.2 Å². The van der Waals surface area contributed by atoms with Crippen LogP contribution in [-0.2, 0) is 25.4 Å². The molecular weight excluding hydrogens is 349 g/mol. The lowest BCUT2D eigenvalue weighted by Crippen LogP contribution is -2.25. The summed E-state index contributed by atoms with van der Waals surface area (Å²) in [5, 5.41) is 3.76. The molecule has 1 heterocycles. The predicted molar refractivity (Wildman–Crippen MR) is 90.9 cm³/mol. The number of hydrogen-bond donors (Lipinski definition) is 1. The molecule has 0 aliphatic heterocycles. The van der Waals surface area contributed by atoms with Crippen molar-refractivity contribution in [2.75, 3.05) is 6.54 Å². The van der Waals surface area contributed by atoms with Gasteiger partial charge in [-0.15, -0.1) is 11.3 Å². The Labute approximate surface area is 148 Å². The first-order valence-corrected chi connectivity index (χ1v) is 9.18. The first kappa shape index (κ1) is 17.9. The van der Waals surface area contributed by atoms with Crippen molar-refractivity contribution < 1.29 is 18.0 Å². The Morgan fingerprint density at radius 2 is 2.04 bits per heavy atom. The molecular formula is C18H19F3N2OS. The van der Waals surface area contributed by atoms with Gasteiger partial charge in [-0.3, -0.25) is 4.79 Å². The molecule has 3 rings (SSSR count). The fourth-order valence-electron chi connectivity index (χ4n) is 2.89. The molecule has 1 aliphatic carbocycles. The van der Waals surface area contributed by atoms with Crippen LogP contribution in [0.5, 0.6) is 0 Å². The molecule has 0 bridgehead atoms. The Balaban J connectivity index is 1.49. The van der Waals surface area contributed by atoms with Gasteiger partial charge in [-0.2, -0.15) is 13.2 Å². The lowest BCUT2D eigenvalue weighted by molar-refractivity contribution is -0.137. The van der Waals surface area contributed by atoms with E-state index in [9.17, 15) is 18.0 Å². The maximum absolute atomic E-state index is 12.7. The van der Waals surface area contributed by atoms with Crippen molar-refractivity contribution in [1.29, 1.82) is 0 Å². The van der Waals surface area contributed by atoms with Crippen LogP contribution in [0.3, 0.4) is 0 Å². The van der Waals surface area contributed by atoms with E-state index >= 15 is 0 Å². The molecule has 0 spiro atoms. The van der Waals surface area contributed by atoms with E-state index in [2.05, 4.69) is 10.3 Å². The highest BCUT2D eigenvalue weighted by atomic mass is 32.1. The maximum atomic E-state index is 12.7. The number of thiazole rings is 1. The van der Waals surface area contributed by atoms with Crippen LogP contribution in [0.2, 0.25) is 0 Å². The van der Waals surface area contributed by atoms with Gasteiger partial charge < -0.3 is 5.32 Å². The van der Waals surface area contributed by atoms with Gasteiger partial charge in [0.2, 0.25) is 0 Å². The fraction of sp³-hybridized carbons (Fsp3) is 0.444. The normalized spacial score (nSPS) is 14.2. The average Bonchev–Trinajstić information content (AvgIpc) is 3.00. The highest BCUT2D eigenvalue weighted by Crippen LogP contribution is 2.29. The molecule has 1 aromatic heterocycles. The summed E-state index contributed by atoms with van der Waals surface area (Å²) in [7, 11) is 0. The number of halogens is 3. The van der Waals surface area contributed by atoms with Crippen molar-refractivity contribution in [3.63, 3.8) is 0 Å². The van der Waals surface area contributed by atoms with E-state index < -0.39 is 17.6 Å². The van der Waals surface area contributed by atoms with Crippen molar-refractivity contribution in [2.45, 2.75) is 44.7 Å². The van der Waals surface area contributed by atoms with Gasteiger partial charge in [-0.25, -0.2) is 4.98 Å². The summed E-state index contributed by atoms with van der Waals surface area (Å²) in [6.07, 6.45) is 1.64. The first-order valence-electron chi connectivity index (χ1n) is 8.36. The molecule has 0 atom stereocenters. The van der Waals surface area contributed by atoms with Gasteiger partial charge in [0.25, 0.3) is 5.91 Å². The van der Waals surface area contributed by atoms with E-state index in [4.69, 9.17) is 0 Å². The van der Waals surface area contributed by atoms with Crippen molar-refractivity contribution >= 4 is 17.2 Å². The fourth-order valence-corrected chi connectivity index (χ4v) is 4.09. The molecule has 0 radical (unpaired) electrons. The second-order valence-corrected chi connectivity index (χ2v) is 7.29. The number of nitrogens with zero attached hydrogens (tertiary/aromatic N) is 1. The number of rotatable bonds is 5. The summed E-state index contributed by atoms with van der Waals surface area (Å²) in [4.78, 5) is 18.0. The number of fused-ring (bicyclic) bond motifs is 1. The summed E-state index contributed by atoms with van der Waals surface area (Å²) in [5.41, 5.74) is 0.437. The molecule has 2 aromatic rings. The zero-order valence-electron chi connectivity index (χ0n) is 13.7. The Morgan fingerprint density at radius 1 is 1.24 bits per heavy atom. The van der Waals surface area contributed by atoms with Crippen LogP contribution >= 0.6 is 11.3 Å². The van der Waals surface area contributed by atoms with Gasteiger partial charge in [0.15, 0.2) is 0 Å². The van der Waals surface area contributed by atoms with Gasteiger partial charge in [-0.05, 0) is 50.3 Å². The lowest BCUT2D eigenvalue weighted by Gasteiger charge is -2.09. The molecule has 25 heavy (non-hydrogen) atoms. The van der Waals surface area contributed by atoms with Crippen LogP contribution in [0.15, 0.2) is 24.3 Å². The van der Waals surface area contributed by atoms with Crippen LogP contribution < -0.4 is 5.32 Å². The van der Waals surface area contributed by atoms with E-state index in [1.54, 1.807) is 11.3 Å². The lowest BCUT2D eigenvalue weighted by atomic mass is 10.0. The van der Waals surface area contributed by atoms with Crippen molar-refractivity contribution in [3.8, 4) is 0 Å². The minimum atomic E-state index is -4.44. The molecule has 3 nitrogen and oxygen atoms in total. The van der Waals surface area contributed by atoms with Crippen molar-refractivity contribution in [1.82, 2.24) is 10.3 Å². The maximum Gasteiger partial charge on any atom is 0.416 e. The summed E-state index contributed by atoms with van der Waals surface area (Å²) in [6, 6.07) is 4.47. The zero-order valence-corrected chi connectivity index (χ0v) is 14.5. The average molecular weight is 368 g/mol. The largest absolute Gasteiger partial charge is 0.416 e. The number of carbonyl (C=O) groups is 1. The summed E-state index contributed by atoms with van der Waals surface area (Å²) in [5.74, 6) is -0.482. The molecule has 0 fully saturated rings. The molecule has 1 aliphatic rings. The number of benzene rings is 1. The highest BCUT2D eigenvalue weighted by Gasteiger charge is 2.30. The molecule has 0 unspecified atom stereocenters. The van der Waals surface area contributed by atoms with E-state index in [0.717, 1.165) is 42.8 Å². The van der Waals surface area contributed by atoms with Crippen LogP contribution in [-0.4, -0.2) is 17.4 Å². The number of aromatic nitrogens is 1. The number of alkyl halides is 3. The Hall–Kier alpha value is -1.89. The molecule has 7 heteroatoms. The second-order valence-electron chi connectivity index (χ2n) is 6.12. The predicted octanol–water partition coefficient (Wildman–Crippen LogP) is 4.40. The van der Waals surface area contributed by atoms with Crippen LogP contribution in [0, 0.1) is 0 Å². The van der Waals surface area contributed by atoms with Crippen LogP contribution in [0.1, 0.15) is 50.8 Å². The highest BCUT2D eigenvalue weighted by molar-refractivity contribution is 7.11. The minimum absolute atomic E-state index is 0.0273. The number of aryl methyl sites for hydroxylation is 3. The SMILES string of the molecule is O=C(NCCCc1nc2c(s1)CCCC2)c1cccc(C(F)(F)F)c1. The first-order chi connectivity index (χ1) is 11.9. The van der Waals surface area contributed by atoms with E-state index in [1.165, 1.54) is 35.5 Å². The summed E-state index contributed by atoms with van der Waals surface area (Å²) in [6.45, 7) is 0.416. The molecule has 1 amide bonds. The molecule has 134 valence electrons. The number of hydrogen-bond acceptors (Lipinski definition) is 3. The molecule has 1 aromatic carbocycles. The quantitative estimate of drug-likeness (QED) is 0.795. The third-order valence-corrected chi connectivity index (χ3v) is 5.41. The van der Waals surface area contributed by atoms with Crippen LogP contribution in [0.25, 0.3) is 0 Å². The summed E-state index contributed by atoms with van der Waals surface area (Å²) < 4.78 is 38.1. The van der Waals surface area contributed by atoms with Gasteiger partial charge >= 0.3 is 6.18 Å². The zero-order chi connectivity index (χ0) is 17.9.